The van der Waals surface area contributed by atoms with Crippen molar-refractivity contribution >= 4 is 31.9 Å². The number of halogens is 2. The molecule has 0 aliphatic heterocycles. The zero-order valence-electron chi connectivity index (χ0n) is 11.1. The zero-order chi connectivity index (χ0) is 13.8. The summed E-state index contributed by atoms with van der Waals surface area (Å²) in [4.78, 5) is 0. The number of benzene rings is 2. The number of hydrogen-bond acceptors (Lipinski definition) is 1. The molecule has 3 heteroatoms. The summed E-state index contributed by atoms with van der Waals surface area (Å²) < 4.78 is 2.18. The van der Waals surface area contributed by atoms with Crippen LogP contribution in [-0.4, -0.2) is 0 Å². The standard InChI is InChI=1S/C16H17Br2N/c1-11-5-3-4-6-14(11)12(2)19-10-13-7-8-15(17)16(18)9-13/h3-9,12,19H,10H2,1-2H3. The maximum absolute atomic E-state index is 3.57. The summed E-state index contributed by atoms with van der Waals surface area (Å²) in [6.07, 6.45) is 0. The first kappa shape index (κ1) is 14.8. The van der Waals surface area contributed by atoms with Crippen LogP contribution in [0.1, 0.15) is 29.7 Å². The Morgan fingerprint density at radius 1 is 1.05 bits per heavy atom. The molecule has 100 valence electrons. The van der Waals surface area contributed by atoms with Crippen molar-refractivity contribution in [2.75, 3.05) is 0 Å². The van der Waals surface area contributed by atoms with Gasteiger partial charge in [-0.3, -0.25) is 0 Å². The zero-order valence-corrected chi connectivity index (χ0v) is 14.3. The van der Waals surface area contributed by atoms with E-state index >= 15 is 0 Å². The maximum atomic E-state index is 3.57. The van der Waals surface area contributed by atoms with Crippen LogP contribution in [0.3, 0.4) is 0 Å². The minimum atomic E-state index is 0.351. The molecule has 0 bridgehead atoms. The van der Waals surface area contributed by atoms with E-state index in [0.717, 1.165) is 15.5 Å². The van der Waals surface area contributed by atoms with Crippen LogP contribution >= 0.6 is 31.9 Å². The first-order valence-corrected chi connectivity index (χ1v) is 7.89. The average Bonchev–Trinajstić information content (AvgIpc) is 2.40. The molecule has 19 heavy (non-hydrogen) atoms. The van der Waals surface area contributed by atoms with Crippen LogP contribution in [0.5, 0.6) is 0 Å². The summed E-state index contributed by atoms with van der Waals surface area (Å²) >= 11 is 7.02. The number of rotatable bonds is 4. The first-order valence-electron chi connectivity index (χ1n) is 6.31. The predicted octanol–water partition coefficient (Wildman–Crippen LogP) is 5.37. The summed E-state index contributed by atoms with van der Waals surface area (Å²) in [6, 6.07) is 15.2. The van der Waals surface area contributed by atoms with Gasteiger partial charge in [0.1, 0.15) is 0 Å². The Morgan fingerprint density at radius 2 is 1.79 bits per heavy atom. The Morgan fingerprint density at radius 3 is 2.47 bits per heavy atom. The predicted molar refractivity (Wildman–Crippen MR) is 88.3 cm³/mol. The van der Waals surface area contributed by atoms with Gasteiger partial charge in [-0.25, -0.2) is 0 Å². The van der Waals surface area contributed by atoms with Crippen molar-refractivity contribution in [2.45, 2.75) is 26.4 Å². The molecule has 1 atom stereocenters. The van der Waals surface area contributed by atoms with E-state index in [9.17, 15) is 0 Å². The van der Waals surface area contributed by atoms with Crippen LogP contribution in [0.4, 0.5) is 0 Å². The van der Waals surface area contributed by atoms with Gasteiger partial charge in [0.2, 0.25) is 0 Å². The molecule has 1 unspecified atom stereocenters. The van der Waals surface area contributed by atoms with E-state index in [4.69, 9.17) is 0 Å². The van der Waals surface area contributed by atoms with Crippen LogP contribution in [0, 0.1) is 6.92 Å². The highest BCUT2D eigenvalue weighted by Crippen LogP contribution is 2.24. The van der Waals surface area contributed by atoms with Gasteiger partial charge in [-0.15, -0.1) is 0 Å². The molecule has 2 aromatic carbocycles. The fourth-order valence-electron chi connectivity index (χ4n) is 2.10. The molecule has 2 rings (SSSR count). The van der Waals surface area contributed by atoms with Gasteiger partial charge in [0.05, 0.1) is 0 Å². The SMILES string of the molecule is Cc1ccccc1C(C)NCc1ccc(Br)c(Br)c1. The Bertz CT molecular complexity index is 566. The van der Waals surface area contributed by atoms with Gasteiger partial charge < -0.3 is 5.32 Å². The molecule has 1 N–H and O–H groups in total. The lowest BCUT2D eigenvalue weighted by Crippen LogP contribution is -2.18. The van der Waals surface area contributed by atoms with Crippen molar-refractivity contribution in [2.24, 2.45) is 0 Å². The van der Waals surface area contributed by atoms with E-state index in [0.29, 0.717) is 6.04 Å². The van der Waals surface area contributed by atoms with Crippen molar-refractivity contribution in [1.82, 2.24) is 5.32 Å². The van der Waals surface area contributed by atoms with Gasteiger partial charge in [0.15, 0.2) is 0 Å². The lowest BCUT2D eigenvalue weighted by molar-refractivity contribution is 0.572. The van der Waals surface area contributed by atoms with Crippen LogP contribution in [0.25, 0.3) is 0 Å². The van der Waals surface area contributed by atoms with Crippen molar-refractivity contribution in [3.05, 3.63) is 68.1 Å². The summed E-state index contributed by atoms with van der Waals surface area (Å²) in [7, 11) is 0. The molecule has 0 aromatic heterocycles. The Balaban J connectivity index is 2.02. The third-order valence-electron chi connectivity index (χ3n) is 3.25. The average molecular weight is 383 g/mol. The second-order valence-corrected chi connectivity index (χ2v) is 6.42. The van der Waals surface area contributed by atoms with E-state index in [1.807, 2.05) is 0 Å². The highest BCUT2D eigenvalue weighted by Gasteiger charge is 2.07. The minimum absolute atomic E-state index is 0.351. The van der Waals surface area contributed by atoms with Crippen LogP contribution < -0.4 is 5.32 Å². The van der Waals surface area contributed by atoms with Crippen LogP contribution in [0.2, 0.25) is 0 Å². The van der Waals surface area contributed by atoms with Gasteiger partial charge in [-0.2, -0.15) is 0 Å². The summed E-state index contributed by atoms with van der Waals surface area (Å²) in [6.45, 7) is 5.22. The Hall–Kier alpha value is -0.640. The molecule has 0 aliphatic rings. The molecule has 2 aromatic rings. The fourth-order valence-corrected chi connectivity index (χ4v) is 2.78. The van der Waals surface area contributed by atoms with Crippen LogP contribution in [-0.2, 0) is 6.54 Å². The molecule has 0 saturated carbocycles. The van der Waals surface area contributed by atoms with E-state index in [2.05, 4.69) is 93.5 Å². The second-order valence-electron chi connectivity index (χ2n) is 4.71. The third-order valence-corrected chi connectivity index (χ3v) is 5.13. The molecule has 0 radical (unpaired) electrons. The molecule has 1 nitrogen and oxygen atoms in total. The van der Waals surface area contributed by atoms with Gasteiger partial charge in [-0.1, -0.05) is 30.3 Å². The van der Waals surface area contributed by atoms with E-state index < -0.39 is 0 Å². The normalized spacial score (nSPS) is 12.4. The minimum Gasteiger partial charge on any atom is -0.306 e. The Kier molecular flexibility index (Phi) is 5.20. The molecule has 0 saturated heterocycles. The maximum Gasteiger partial charge on any atom is 0.0320 e. The molecule has 0 spiro atoms. The largest absolute Gasteiger partial charge is 0.306 e. The monoisotopic (exact) mass is 381 g/mol. The summed E-state index contributed by atoms with van der Waals surface area (Å²) in [5, 5.41) is 3.57. The molecule has 0 heterocycles. The van der Waals surface area contributed by atoms with Gasteiger partial charge >= 0.3 is 0 Å². The number of nitrogens with one attached hydrogen (secondary N) is 1. The lowest BCUT2D eigenvalue weighted by atomic mass is 10.0. The Labute approximate surface area is 131 Å². The second kappa shape index (κ2) is 6.69. The van der Waals surface area contributed by atoms with Crippen molar-refractivity contribution in [3.8, 4) is 0 Å². The fraction of sp³-hybridized carbons (Fsp3) is 0.250. The molecule has 0 fully saturated rings. The lowest BCUT2D eigenvalue weighted by Gasteiger charge is -2.16. The molecule has 0 amide bonds. The summed E-state index contributed by atoms with van der Waals surface area (Å²) in [5.41, 5.74) is 3.97. The topological polar surface area (TPSA) is 12.0 Å². The number of hydrogen-bond donors (Lipinski definition) is 1. The molecule has 0 aliphatic carbocycles. The third kappa shape index (κ3) is 3.91. The van der Waals surface area contributed by atoms with Crippen molar-refractivity contribution in [3.63, 3.8) is 0 Å². The van der Waals surface area contributed by atoms with E-state index in [1.165, 1.54) is 16.7 Å². The van der Waals surface area contributed by atoms with Crippen molar-refractivity contribution in [1.29, 1.82) is 0 Å². The highest BCUT2D eigenvalue weighted by molar-refractivity contribution is 9.13. The number of aryl methyl sites for hydroxylation is 1. The van der Waals surface area contributed by atoms with E-state index in [-0.39, 0.29) is 0 Å². The summed E-state index contributed by atoms with van der Waals surface area (Å²) in [5.74, 6) is 0. The first-order chi connectivity index (χ1) is 9.08. The highest BCUT2D eigenvalue weighted by atomic mass is 79.9. The molecular formula is C16H17Br2N. The smallest absolute Gasteiger partial charge is 0.0320 e. The quantitative estimate of drug-likeness (QED) is 0.749. The molecular weight excluding hydrogens is 366 g/mol. The van der Waals surface area contributed by atoms with Crippen molar-refractivity contribution < 1.29 is 0 Å². The van der Waals surface area contributed by atoms with Crippen LogP contribution in [0.15, 0.2) is 51.4 Å². The van der Waals surface area contributed by atoms with Gasteiger partial charge in [0.25, 0.3) is 0 Å². The van der Waals surface area contributed by atoms with Gasteiger partial charge in [0, 0.05) is 21.5 Å². The van der Waals surface area contributed by atoms with E-state index in [1.54, 1.807) is 0 Å². The van der Waals surface area contributed by atoms with Gasteiger partial charge in [-0.05, 0) is 74.5 Å².